The lowest BCUT2D eigenvalue weighted by Gasteiger charge is -2.12. The van der Waals surface area contributed by atoms with Crippen LogP contribution in [0, 0.1) is 0 Å². The second kappa shape index (κ2) is 15.9. The van der Waals surface area contributed by atoms with Crippen molar-refractivity contribution in [1.29, 1.82) is 0 Å². The van der Waals surface area contributed by atoms with Crippen molar-refractivity contribution in [2.45, 2.75) is 120 Å². The van der Waals surface area contributed by atoms with E-state index in [9.17, 15) is 13.2 Å². The minimum Gasteiger partial charge on any atom is -0.280 e. The molecule has 1 aromatic rings. The highest BCUT2D eigenvalue weighted by molar-refractivity contribution is 7.93. The maximum absolute atomic E-state index is 12.6. The fraction of sp³-hybridized carbons (Fsp3) is 0.720. The van der Waals surface area contributed by atoms with E-state index < -0.39 is 20.3 Å². The number of halogens is 1. The smallest absolute Gasteiger partial charge is 0.240 e. The monoisotopic (exact) mass is 456 g/mol. The van der Waals surface area contributed by atoms with Gasteiger partial charge in [0.15, 0.2) is 9.84 Å². The third-order valence-corrected chi connectivity index (χ3v) is 8.39. The predicted molar refractivity (Wildman–Crippen MR) is 128 cm³/mol. The summed E-state index contributed by atoms with van der Waals surface area (Å²) in [5, 5.41) is -1.97. The van der Waals surface area contributed by atoms with Crippen molar-refractivity contribution in [1.82, 2.24) is 0 Å². The molecule has 0 radical (unpaired) electrons. The number of aryl methyl sites for hydroxylation is 1. The Morgan fingerprint density at radius 1 is 0.833 bits per heavy atom. The van der Waals surface area contributed by atoms with Crippen LogP contribution in [0.15, 0.2) is 29.2 Å². The van der Waals surface area contributed by atoms with Crippen LogP contribution in [0.1, 0.15) is 109 Å². The van der Waals surface area contributed by atoms with Gasteiger partial charge in [0, 0.05) is 0 Å². The summed E-state index contributed by atoms with van der Waals surface area (Å²) in [5.41, 5.74) is 1.01. The summed E-state index contributed by atoms with van der Waals surface area (Å²) < 4.78 is 25.3. The number of hydrogen-bond donors (Lipinski definition) is 0. The standard InChI is InChI=1S/C25H41ClO3S/c1-3-5-6-7-8-9-10-11-12-13-14-15-16-18-22-19-17-20-23(21-22)30(28,29)24(4-2)25(26)27/h17,19-21,24H,3-16,18H2,1-2H3. The quantitative estimate of drug-likeness (QED) is 0.168. The van der Waals surface area contributed by atoms with Gasteiger partial charge in [-0.2, -0.15) is 0 Å². The molecule has 0 bridgehead atoms. The molecule has 0 aromatic heterocycles. The van der Waals surface area contributed by atoms with Crippen LogP contribution in [-0.4, -0.2) is 18.9 Å². The zero-order valence-corrected chi connectivity index (χ0v) is 20.6. The normalized spacial score (nSPS) is 12.8. The van der Waals surface area contributed by atoms with Crippen molar-refractivity contribution in [2.75, 3.05) is 0 Å². The Kier molecular flexibility index (Phi) is 14.4. The number of carbonyl (C=O) groups excluding carboxylic acids is 1. The molecule has 1 unspecified atom stereocenters. The first-order valence-electron chi connectivity index (χ1n) is 12.0. The maximum Gasteiger partial charge on any atom is 0.240 e. The first-order valence-corrected chi connectivity index (χ1v) is 13.9. The van der Waals surface area contributed by atoms with Gasteiger partial charge in [0.1, 0.15) is 5.25 Å². The molecule has 1 rings (SSSR count). The molecular formula is C25H41ClO3S. The van der Waals surface area contributed by atoms with Gasteiger partial charge in [-0.15, -0.1) is 0 Å². The molecule has 0 aliphatic carbocycles. The van der Waals surface area contributed by atoms with Crippen LogP contribution < -0.4 is 0 Å². The van der Waals surface area contributed by atoms with E-state index in [0.717, 1.165) is 18.4 Å². The van der Waals surface area contributed by atoms with Crippen LogP contribution in [0.25, 0.3) is 0 Å². The lowest BCUT2D eigenvalue weighted by atomic mass is 10.0. The van der Waals surface area contributed by atoms with Crippen LogP contribution in [0.2, 0.25) is 0 Å². The molecule has 30 heavy (non-hydrogen) atoms. The van der Waals surface area contributed by atoms with Gasteiger partial charge in [-0.25, -0.2) is 8.42 Å². The summed E-state index contributed by atoms with van der Waals surface area (Å²) in [7, 11) is -3.71. The van der Waals surface area contributed by atoms with Gasteiger partial charge in [-0.05, 0) is 48.6 Å². The van der Waals surface area contributed by atoms with E-state index in [2.05, 4.69) is 6.92 Å². The highest BCUT2D eigenvalue weighted by atomic mass is 35.5. The zero-order valence-electron chi connectivity index (χ0n) is 19.0. The largest absolute Gasteiger partial charge is 0.280 e. The van der Waals surface area contributed by atoms with Gasteiger partial charge in [0.25, 0.3) is 0 Å². The minimum absolute atomic E-state index is 0.188. The van der Waals surface area contributed by atoms with E-state index >= 15 is 0 Å². The highest BCUT2D eigenvalue weighted by Crippen LogP contribution is 2.22. The molecule has 0 fully saturated rings. The van der Waals surface area contributed by atoms with Crippen LogP contribution in [0.5, 0.6) is 0 Å². The summed E-state index contributed by atoms with van der Waals surface area (Å²) in [5.74, 6) is 0. The number of rotatable bonds is 18. The van der Waals surface area contributed by atoms with Gasteiger partial charge in [-0.3, -0.25) is 4.79 Å². The Bertz CT molecular complexity index is 700. The molecule has 1 atom stereocenters. The molecule has 0 saturated carbocycles. The summed E-state index contributed by atoms with van der Waals surface area (Å²) in [6.07, 6.45) is 18.2. The summed E-state index contributed by atoms with van der Waals surface area (Å²) in [6.45, 7) is 3.93. The van der Waals surface area contributed by atoms with Crippen LogP contribution in [0.4, 0.5) is 0 Å². The number of benzene rings is 1. The fourth-order valence-corrected chi connectivity index (χ4v) is 5.99. The number of unbranched alkanes of at least 4 members (excludes halogenated alkanes) is 12. The summed E-state index contributed by atoms with van der Waals surface area (Å²) in [6, 6.07) is 6.99. The van der Waals surface area contributed by atoms with E-state index in [-0.39, 0.29) is 11.3 Å². The zero-order chi connectivity index (χ0) is 22.2. The summed E-state index contributed by atoms with van der Waals surface area (Å²) >= 11 is 5.50. The van der Waals surface area contributed by atoms with Gasteiger partial charge >= 0.3 is 0 Å². The van der Waals surface area contributed by atoms with Crippen molar-refractivity contribution in [3.8, 4) is 0 Å². The predicted octanol–water partition coefficient (Wildman–Crippen LogP) is 7.64. The average molecular weight is 457 g/mol. The number of sulfone groups is 1. The highest BCUT2D eigenvalue weighted by Gasteiger charge is 2.31. The Balaban J connectivity index is 2.23. The summed E-state index contributed by atoms with van der Waals surface area (Å²) in [4.78, 5) is 11.7. The minimum atomic E-state index is -3.71. The second-order valence-corrected chi connectivity index (χ2v) is 10.9. The topological polar surface area (TPSA) is 51.2 Å². The molecule has 3 nitrogen and oxygen atoms in total. The molecular weight excluding hydrogens is 416 g/mol. The van der Waals surface area contributed by atoms with Crippen LogP contribution in [-0.2, 0) is 21.1 Å². The Morgan fingerprint density at radius 3 is 1.80 bits per heavy atom. The number of carbonyl (C=O) groups is 1. The molecule has 5 heteroatoms. The maximum atomic E-state index is 12.6. The lowest BCUT2D eigenvalue weighted by Crippen LogP contribution is -2.26. The van der Waals surface area contributed by atoms with Crippen molar-refractivity contribution < 1.29 is 13.2 Å². The van der Waals surface area contributed by atoms with Crippen LogP contribution >= 0.6 is 11.6 Å². The number of hydrogen-bond acceptors (Lipinski definition) is 3. The van der Waals surface area contributed by atoms with Gasteiger partial charge in [0.2, 0.25) is 5.24 Å². The first kappa shape index (κ1) is 27.2. The van der Waals surface area contributed by atoms with E-state index in [4.69, 9.17) is 11.6 Å². The molecule has 0 saturated heterocycles. The second-order valence-electron chi connectivity index (χ2n) is 8.39. The third-order valence-electron chi connectivity index (χ3n) is 5.79. The molecule has 0 aliphatic heterocycles. The van der Waals surface area contributed by atoms with Crippen molar-refractivity contribution >= 4 is 26.7 Å². The first-order chi connectivity index (χ1) is 14.4. The van der Waals surface area contributed by atoms with Crippen molar-refractivity contribution in [3.05, 3.63) is 29.8 Å². The SMILES string of the molecule is CCCCCCCCCCCCCCCc1cccc(S(=O)(=O)C(CC)C(=O)Cl)c1. The lowest BCUT2D eigenvalue weighted by molar-refractivity contribution is -0.111. The fourth-order valence-electron chi connectivity index (χ4n) is 3.89. The molecule has 0 amide bonds. The van der Waals surface area contributed by atoms with E-state index in [1.807, 2.05) is 6.07 Å². The molecule has 172 valence electrons. The van der Waals surface area contributed by atoms with Crippen molar-refractivity contribution in [3.63, 3.8) is 0 Å². The Labute approximate surface area is 189 Å². The molecule has 0 aliphatic rings. The Morgan fingerprint density at radius 2 is 1.33 bits per heavy atom. The average Bonchev–Trinajstić information content (AvgIpc) is 2.71. The molecule has 0 N–H and O–H groups in total. The Hall–Kier alpha value is -0.870. The van der Waals surface area contributed by atoms with E-state index in [1.54, 1.807) is 25.1 Å². The van der Waals surface area contributed by atoms with Gasteiger partial charge < -0.3 is 0 Å². The van der Waals surface area contributed by atoms with Crippen molar-refractivity contribution in [2.24, 2.45) is 0 Å². The van der Waals surface area contributed by atoms with E-state index in [1.165, 1.54) is 77.0 Å². The third kappa shape index (κ3) is 10.4. The van der Waals surface area contributed by atoms with Gasteiger partial charge in [0.05, 0.1) is 4.90 Å². The molecule has 1 aromatic carbocycles. The van der Waals surface area contributed by atoms with E-state index in [0.29, 0.717) is 0 Å². The van der Waals surface area contributed by atoms with Gasteiger partial charge in [-0.1, -0.05) is 103 Å². The van der Waals surface area contributed by atoms with Crippen LogP contribution in [0.3, 0.4) is 0 Å². The molecule has 0 heterocycles. The molecule has 0 spiro atoms.